The summed E-state index contributed by atoms with van der Waals surface area (Å²) in [5.41, 5.74) is 3.23. The van der Waals surface area contributed by atoms with E-state index in [1.54, 1.807) is 12.3 Å². The molecule has 1 unspecified atom stereocenters. The van der Waals surface area contributed by atoms with Gasteiger partial charge in [0.25, 0.3) is 0 Å². The molecular weight excluding hydrogens is 332 g/mol. The summed E-state index contributed by atoms with van der Waals surface area (Å²) >= 11 is 3.54. The molecule has 1 heterocycles. The average molecular weight is 351 g/mol. The molecule has 0 aliphatic rings. The second kappa shape index (κ2) is 6.80. The Hall–Kier alpha value is -1.75. The van der Waals surface area contributed by atoms with Gasteiger partial charge in [0, 0.05) is 4.47 Å². The van der Waals surface area contributed by atoms with Crippen LogP contribution in [-0.2, 0) is 11.3 Å². The fourth-order valence-electron chi connectivity index (χ4n) is 2.12. The normalized spacial score (nSPS) is 12.0. The molecule has 0 saturated carbocycles. The first kappa shape index (κ1) is 15.6. The summed E-state index contributed by atoms with van der Waals surface area (Å²) < 4.78 is 6.15. The van der Waals surface area contributed by atoms with E-state index in [2.05, 4.69) is 32.6 Å². The Labute approximate surface area is 133 Å². The minimum atomic E-state index is -0.335. The molecule has 1 amide bonds. The molecule has 0 spiro atoms. The van der Waals surface area contributed by atoms with Crippen molar-refractivity contribution < 1.29 is 9.21 Å². The molecule has 5 heteroatoms. The highest BCUT2D eigenvalue weighted by Crippen LogP contribution is 2.28. The third-order valence-electron chi connectivity index (χ3n) is 3.20. The first-order valence-electron chi connectivity index (χ1n) is 6.80. The highest BCUT2D eigenvalue weighted by molar-refractivity contribution is 9.10. The van der Waals surface area contributed by atoms with Gasteiger partial charge in [-0.15, -0.1) is 0 Å². The summed E-state index contributed by atoms with van der Waals surface area (Å²) in [7, 11) is 0. The number of halogens is 1. The van der Waals surface area contributed by atoms with Gasteiger partial charge in [0.15, 0.2) is 0 Å². The second-order valence-electron chi connectivity index (χ2n) is 5.10. The van der Waals surface area contributed by atoms with Crippen LogP contribution in [-0.4, -0.2) is 11.9 Å². The van der Waals surface area contributed by atoms with Gasteiger partial charge in [-0.05, 0) is 66.0 Å². The highest BCUT2D eigenvalue weighted by atomic mass is 79.9. The Bertz CT molecular complexity index is 600. The van der Waals surface area contributed by atoms with E-state index in [9.17, 15) is 4.79 Å². The molecule has 0 fully saturated rings. The molecule has 0 aliphatic carbocycles. The lowest BCUT2D eigenvalue weighted by Crippen LogP contribution is -2.37. The van der Waals surface area contributed by atoms with E-state index in [0.29, 0.717) is 6.54 Å². The standard InChI is InChI=1S/C16H19BrN2O2/c1-10-7-11(2)15(14(17)8-10)19-12(3)16(20)18-9-13-5-4-6-21-13/h4-8,12,19H,9H2,1-3H3,(H,18,20). The van der Waals surface area contributed by atoms with Crippen LogP contribution >= 0.6 is 15.9 Å². The summed E-state index contributed by atoms with van der Waals surface area (Å²) in [4.78, 5) is 12.1. The molecule has 0 radical (unpaired) electrons. The van der Waals surface area contributed by atoms with Gasteiger partial charge in [-0.25, -0.2) is 0 Å². The topological polar surface area (TPSA) is 54.3 Å². The number of aryl methyl sites for hydroxylation is 2. The lowest BCUT2D eigenvalue weighted by molar-refractivity contribution is -0.121. The molecule has 2 N–H and O–H groups in total. The number of nitrogens with one attached hydrogen (secondary N) is 2. The number of rotatable bonds is 5. The predicted octanol–water partition coefficient (Wildman–Crippen LogP) is 3.78. The number of amides is 1. The number of carbonyl (C=O) groups is 1. The quantitative estimate of drug-likeness (QED) is 0.862. The highest BCUT2D eigenvalue weighted by Gasteiger charge is 2.15. The molecule has 1 atom stereocenters. The number of carbonyl (C=O) groups excluding carboxylic acids is 1. The lowest BCUT2D eigenvalue weighted by Gasteiger charge is -2.18. The van der Waals surface area contributed by atoms with Crippen molar-refractivity contribution >= 4 is 27.5 Å². The second-order valence-corrected chi connectivity index (χ2v) is 5.96. The van der Waals surface area contributed by atoms with Crippen LogP contribution in [0.4, 0.5) is 5.69 Å². The van der Waals surface area contributed by atoms with Crippen molar-refractivity contribution in [1.82, 2.24) is 5.32 Å². The van der Waals surface area contributed by atoms with Crippen LogP contribution in [0.1, 0.15) is 23.8 Å². The minimum absolute atomic E-state index is 0.0710. The monoisotopic (exact) mass is 350 g/mol. The fourth-order valence-corrected chi connectivity index (χ4v) is 2.91. The Morgan fingerprint density at radius 2 is 2.14 bits per heavy atom. The van der Waals surface area contributed by atoms with Gasteiger partial charge in [-0.1, -0.05) is 6.07 Å². The van der Waals surface area contributed by atoms with E-state index >= 15 is 0 Å². The third-order valence-corrected chi connectivity index (χ3v) is 3.83. The molecule has 1 aromatic carbocycles. The lowest BCUT2D eigenvalue weighted by atomic mass is 10.1. The van der Waals surface area contributed by atoms with E-state index in [1.807, 2.05) is 32.9 Å². The van der Waals surface area contributed by atoms with Gasteiger partial charge >= 0.3 is 0 Å². The van der Waals surface area contributed by atoms with Gasteiger partial charge in [-0.3, -0.25) is 4.79 Å². The van der Waals surface area contributed by atoms with Crippen molar-refractivity contribution in [2.75, 3.05) is 5.32 Å². The number of anilines is 1. The van der Waals surface area contributed by atoms with Crippen molar-refractivity contribution in [2.45, 2.75) is 33.4 Å². The fraction of sp³-hybridized carbons (Fsp3) is 0.312. The predicted molar refractivity (Wildman–Crippen MR) is 87.3 cm³/mol. The maximum Gasteiger partial charge on any atom is 0.242 e. The van der Waals surface area contributed by atoms with Crippen LogP contribution in [0, 0.1) is 13.8 Å². The average Bonchev–Trinajstić information content (AvgIpc) is 2.93. The minimum Gasteiger partial charge on any atom is -0.467 e. The number of benzene rings is 1. The Morgan fingerprint density at radius 3 is 2.76 bits per heavy atom. The first-order valence-corrected chi connectivity index (χ1v) is 7.60. The maximum atomic E-state index is 12.1. The number of hydrogen-bond donors (Lipinski definition) is 2. The van der Waals surface area contributed by atoms with Crippen molar-refractivity contribution in [3.63, 3.8) is 0 Å². The van der Waals surface area contributed by atoms with Crippen LogP contribution in [0.15, 0.2) is 39.4 Å². The Morgan fingerprint density at radius 1 is 1.38 bits per heavy atom. The van der Waals surface area contributed by atoms with Crippen molar-refractivity contribution in [2.24, 2.45) is 0 Å². The maximum absolute atomic E-state index is 12.1. The molecule has 0 saturated heterocycles. The number of hydrogen-bond acceptors (Lipinski definition) is 3. The van der Waals surface area contributed by atoms with Crippen LogP contribution in [0.3, 0.4) is 0 Å². The van der Waals surface area contributed by atoms with E-state index in [4.69, 9.17) is 4.42 Å². The molecule has 0 aliphatic heterocycles. The van der Waals surface area contributed by atoms with Crippen LogP contribution in [0.5, 0.6) is 0 Å². The molecule has 112 valence electrons. The van der Waals surface area contributed by atoms with Gasteiger partial charge < -0.3 is 15.1 Å². The van der Waals surface area contributed by atoms with E-state index < -0.39 is 0 Å². The molecular formula is C16H19BrN2O2. The zero-order chi connectivity index (χ0) is 15.4. The molecule has 4 nitrogen and oxygen atoms in total. The molecule has 21 heavy (non-hydrogen) atoms. The van der Waals surface area contributed by atoms with Gasteiger partial charge in [0.1, 0.15) is 11.8 Å². The summed E-state index contributed by atoms with van der Waals surface area (Å²) in [6.45, 7) is 6.30. The van der Waals surface area contributed by atoms with E-state index in [0.717, 1.165) is 21.5 Å². The summed E-state index contributed by atoms with van der Waals surface area (Å²) in [5.74, 6) is 0.668. The molecule has 2 aromatic rings. The number of furan rings is 1. The zero-order valence-electron chi connectivity index (χ0n) is 12.4. The van der Waals surface area contributed by atoms with Crippen molar-refractivity contribution in [1.29, 1.82) is 0 Å². The van der Waals surface area contributed by atoms with Gasteiger partial charge in [0.05, 0.1) is 18.5 Å². The van der Waals surface area contributed by atoms with Crippen molar-refractivity contribution in [3.8, 4) is 0 Å². The van der Waals surface area contributed by atoms with Gasteiger partial charge in [-0.2, -0.15) is 0 Å². The van der Waals surface area contributed by atoms with Gasteiger partial charge in [0.2, 0.25) is 5.91 Å². The Balaban J connectivity index is 1.97. The largest absolute Gasteiger partial charge is 0.467 e. The molecule has 2 rings (SSSR count). The smallest absolute Gasteiger partial charge is 0.242 e. The third kappa shape index (κ3) is 4.11. The van der Waals surface area contributed by atoms with E-state index in [1.165, 1.54) is 5.56 Å². The zero-order valence-corrected chi connectivity index (χ0v) is 14.0. The van der Waals surface area contributed by atoms with E-state index in [-0.39, 0.29) is 11.9 Å². The first-order chi connectivity index (χ1) is 9.97. The molecule has 0 bridgehead atoms. The Kier molecular flexibility index (Phi) is 5.07. The summed E-state index contributed by atoms with van der Waals surface area (Å²) in [6, 6.07) is 7.41. The molecule has 1 aromatic heterocycles. The van der Waals surface area contributed by atoms with Crippen LogP contribution < -0.4 is 10.6 Å². The SMILES string of the molecule is Cc1cc(C)c(NC(C)C(=O)NCc2ccco2)c(Br)c1. The van der Waals surface area contributed by atoms with Crippen LogP contribution in [0.25, 0.3) is 0 Å². The summed E-state index contributed by atoms with van der Waals surface area (Å²) in [6.07, 6.45) is 1.59. The van der Waals surface area contributed by atoms with Crippen LogP contribution in [0.2, 0.25) is 0 Å². The van der Waals surface area contributed by atoms with Crippen molar-refractivity contribution in [3.05, 3.63) is 51.9 Å². The summed E-state index contributed by atoms with van der Waals surface area (Å²) in [5, 5.41) is 6.09.